The Balaban J connectivity index is 1.98. The first kappa shape index (κ1) is 13.3. The van der Waals surface area contributed by atoms with E-state index in [0.717, 1.165) is 5.82 Å². The summed E-state index contributed by atoms with van der Waals surface area (Å²) >= 11 is 0. The Kier molecular flexibility index (Phi) is 3.99. The monoisotopic (exact) mass is 262 g/mol. The fourth-order valence-electron chi connectivity index (χ4n) is 1.88. The molecule has 0 fully saturated rings. The van der Waals surface area contributed by atoms with Crippen molar-refractivity contribution in [3.05, 3.63) is 35.2 Å². The summed E-state index contributed by atoms with van der Waals surface area (Å²) in [6.07, 6.45) is 4.12. The molecule has 0 spiro atoms. The first-order valence-electron chi connectivity index (χ1n) is 6.32. The zero-order valence-electron chi connectivity index (χ0n) is 11.4. The summed E-state index contributed by atoms with van der Waals surface area (Å²) in [5.74, 6) is 1.47. The predicted molar refractivity (Wildman–Crippen MR) is 70.0 cm³/mol. The van der Waals surface area contributed by atoms with E-state index in [1.165, 1.54) is 0 Å². The smallest absolute Gasteiger partial charge is 0.256 e. The fraction of sp³-hybridized carbons (Fsp3) is 0.462. The zero-order chi connectivity index (χ0) is 13.8. The quantitative estimate of drug-likeness (QED) is 0.860. The Labute approximate surface area is 111 Å². The molecule has 2 heterocycles. The number of nitrogens with one attached hydrogen (secondary N) is 2. The Morgan fingerprint density at radius 2 is 2.32 bits per heavy atom. The van der Waals surface area contributed by atoms with Crippen molar-refractivity contribution in [2.75, 3.05) is 6.54 Å². The summed E-state index contributed by atoms with van der Waals surface area (Å²) < 4.78 is 5.20. The second kappa shape index (κ2) is 5.69. The lowest BCUT2D eigenvalue weighted by Gasteiger charge is -2.06. The maximum atomic E-state index is 12.1. The number of aryl methyl sites for hydroxylation is 1. The molecule has 6 heteroatoms. The number of aromatic nitrogens is 3. The molecular formula is C13H18N4O2. The van der Waals surface area contributed by atoms with Gasteiger partial charge in [-0.3, -0.25) is 4.79 Å². The number of hydrogen-bond donors (Lipinski definition) is 2. The predicted octanol–water partition coefficient (Wildman–Crippen LogP) is 1.80. The number of nitrogens with zero attached hydrogens (tertiary/aromatic N) is 2. The van der Waals surface area contributed by atoms with Gasteiger partial charge in [0.2, 0.25) is 0 Å². The number of H-pyrrole nitrogens is 1. The van der Waals surface area contributed by atoms with Crippen LogP contribution in [0.1, 0.15) is 47.4 Å². The van der Waals surface area contributed by atoms with Crippen LogP contribution < -0.4 is 5.32 Å². The molecule has 0 radical (unpaired) electrons. The van der Waals surface area contributed by atoms with Gasteiger partial charge in [-0.15, -0.1) is 0 Å². The first-order chi connectivity index (χ1) is 9.09. The van der Waals surface area contributed by atoms with Gasteiger partial charge in [0.15, 0.2) is 5.76 Å². The Hall–Kier alpha value is -2.11. The van der Waals surface area contributed by atoms with E-state index in [1.54, 1.807) is 19.3 Å². The molecule has 2 aromatic rings. The highest BCUT2D eigenvalue weighted by atomic mass is 16.5. The van der Waals surface area contributed by atoms with Gasteiger partial charge in [0.05, 0.1) is 5.69 Å². The summed E-state index contributed by atoms with van der Waals surface area (Å²) in [7, 11) is 0. The largest absolute Gasteiger partial charge is 0.360 e. The molecule has 0 bridgehead atoms. The molecule has 2 N–H and O–H groups in total. The minimum absolute atomic E-state index is 0.132. The minimum Gasteiger partial charge on any atom is -0.360 e. The number of imidazole rings is 1. The van der Waals surface area contributed by atoms with Gasteiger partial charge < -0.3 is 14.8 Å². The van der Waals surface area contributed by atoms with Gasteiger partial charge in [0, 0.05) is 31.3 Å². The van der Waals surface area contributed by atoms with E-state index in [4.69, 9.17) is 4.52 Å². The molecule has 0 unspecified atom stereocenters. The number of hydrogen-bond acceptors (Lipinski definition) is 4. The molecule has 1 amide bonds. The second-order valence-corrected chi connectivity index (χ2v) is 4.70. The second-order valence-electron chi connectivity index (χ2n) is 4.70. The van der Waals surface area contributed by atoms with Gasteiger partial charge in [-0.25, -0.2) is 4.98 Å². The molecule has 0 atom stereocenters. The van der Waals surface area contributed by atoms with E-state index in [-0.39, 0.29) is 11.8 Å². The third-order valence-electron chi connectivity index (χ3n) is 2.84. The molecule has 0 saturated carbocycles. The molecule has 0 aliphatic carbocycles. The average molecular weight is 262 g/mol. The molecule has 102 valence electrons. The third-order valence-corrected chi connectivity index (χ3v) is 2.84. The minimum atomic E-state index is -0.144. The van der Waals surface area contributed by atoms with Crippen molar-refractivity contribution in [2.45, 2.75) is 33.1 Å². The van der Waals surface area contributed by atoms with Crippen molar-refractivity contribution in [1.29, 1.82) is 0 Å². The summed E-state index contributed by atoms with van der Waals surface area (Å²) in [4.78, 5) is 19.2. The van der Waals surface area contributed by atoms with Crippen LogP contribution in [0.2, 0.25) is 0 Å². The third kappa shape index (κ3) is 3.01. The lowest BCUT2D eigenvalue weighted by Crippen LogP contribution is -2.27. The highest BCUT2D eigenvalue weighted by Gasteiger charge is 2.22. The van der Waals surface area contributed by atoms with Crippen LogP contribution in [-0.2, 0) is 6.42 Å². The van der Waals surface area contributed by atoms with E-state index >= 15 is 0 Å². The van der Waals surface area contributed by atoms with Crippen LogP contribution in [0.5, 0.6) is 0 Å². The van der Waals surface area contributed by atoms with Crippen LogP contribution in [0.4, 0.5) is 0 Å². The SMILES string of the molecule is Cc1noc(C(C)C)c1C(=O)NCCc1ncc[nH]1. The van der Waals surface area contributed by atoms with E-state index in [1.807, 2.05) is 13.8 Å². The van der Waals surface area contributed by atoms with Crippen LogP contribution in [0.25, 0.3) is 0 Å². The Bertz CT molecular complexity index is 543. The van der Waals surface area contributed by atoms with Crippen LogP contribution >= 0.6 is 0 Å². The fourth-order valence-corrected chi connectivity index (χ4v) is 1.88. The number of rotatable bonds is 5. The van der Waals surface area contributed by atoms with E-state index in [2.05, 4.69) is 20.4 Å². The number of carbonyl (C=O) groups excluding carboxylic acids is 1. The van der Waals surface area contributed by atoms with Gasteiger partial charge in [-0.05, 0) is 6.92 Å². The van der Waals surface area contributed by atoms with Gasteiger partial charge in [-0.1, -0.05) is 19.0 Å². The van der Waals surface area contributed by atoms with E-state index in [9.17, 15) is 4.79 Å². The average Bonchev–Trinajstić information content (AvgIpc) is 2.98. The van der Waals surface area contributed by atoms with Crippen LogP contribution in [-0.4, -0.2) is 27.6 Å². The molecule has 6 nitrogen and oxygen atoms in total. The van der Waals surface area contributed by atoms with Crippen molar-refractivity contribution in [3.63, 3.8) is 0 Å². The maximum absolute atomic E-state index is 12.1. The maximum Gasteiger partial charge on any atom is 0.256 e. The van der Waals surface area contributed by atoms with Crippen molar-refractivity contribution in [3.8, 4) is 0 Å². The van der Waals surface area contributed by atoms with Crippen LogP contribution in [0, 0.1) is 6.92 Å². The van der Waals surface area contributed by atoms with E-state index in [0.29, 0.717) is 30.0 Å². The normalized spacial score (nSPS) is 10.9. The van der Waals surface area contributed by atoms with E-state index < -0.39 is 0 Å². The molecule has 0 saturated heterocycles. The molecule has 0 aliphatic heterocycles. The number of carbonyl (C=O) groups is 1. The van der Waals surface area contributed by atoms with Crippen LogP contribution in [0.3, 0.4) is 0 Å². The van der Waals surface area contributed by atoms with Crippen molar-refractivity contribution in [1.82, 2.24) is 20.4 Å². The van der Waals surface area contributed by atoms with Gasteiger partial charge in [-0.2, -0.15) is 0 Å². The zero-order valence-corrected chi connectivity index (χ0v) is 11.4. The summed E-state index contributed by atoms with van der Waals surface area (Å²) in [5.41, 5.74) is 1.17. The number of aromatic amines is 1. The topological polar surface area (TPSA) is 83.8 Å². The lowest BCUT2D eigenvalue weighted by molar-refractivity contribution is 0.0951. The molecule has 2 rings (SSSR count). The Morgan fingerprint density at radius 3 is 2.95 bits per heavy atom. The highest BCUT2D eigenvalue weighted by Crippen LogP contribution is 2.21. The van der Waals surface area contributed by atoms with Crippen molar-refractivity contribution in [2.24, 2.45) is 0 Å². The Morgan fingerprint density at radius 1 is 1.53 bits per heavy atom. The van der Waals surface area contributed by atoms with Crippen molar-refractivity contribution >= 4 is 5.91 Å². The first-order valence-corrected chi connectivity index (χ1v) is 6.32. The molecule has 19 heavy (non-hydrogen) atoms. The lowest BCUT2D eigenvalue weighted by atomic mass is 10.0. The summed E-state index contributed by atoms with van der Waals surface area (Å²) in [6.45, 7) is 6.24. The molecule has 2 aromatic heterocycles. The van der Waals surface area contributed by atoms with Gasteiger partial charge in [0.1, 0.15) is 11.4 Å². The molecule has 0 aliphatic rings. The van der Waals surface area contributed by atoms with Crippen LogP contribution in [0.15, 0.2) is 16.9 Å². The van der Waals surface area contributed by atoms with Crippen molar-refractivity contribution < 1.29 is 9.32 Å². The van der Waals surface area contributed by atoms with Gasteiger partial charge in [0.25, 0.3) is 5.91 Å². The summed E-state index contributed by atoms with van der Waals surface area (Å²) in [6, 6.07) is 0. The standard InChI is InChI=1S/C13H18N4O2/c1-8(2)12-11(9(3)17-19-12)13(18)16-5-4-10-14-6-7-15-10/h6-8H,4-5H2,1-3H3,(H,14,15)(H,16,18). The molecule has 0 aromatic carbocycles. The number of amides is 1. The molecular weight excluding hydrogens is 244 g/mol. The highest BCUT2D eigenvalue weighted by molar-refractivity contribution is 5.96. The summed E-state index contributed by atoms with van der Waals surface area (Å²) in [5, 5.41) is 6.72. The van der Waals surface area contributed by atoms with Gasteiger partial charge >= 0.3 is 0 Å².